The van der Waals surface area contributed by atoms with Crippen molar-refractivity contribution in [2.24, 2.45) is 11.8 Å². The molecule has 3 fully saturated rings. The number of rotatable bonds is 7. The second-order valence-corrected chi connectivity index (χ2v) is 10.1. The van der Waals surface area contributed by atoms with Crippen molar-refractivity contribution >= 4 is 5.91 Å². The fourth-order valence-corrected chi connectivity index (χ4v) is 5.86. The van der Waals surface area contributed by atoms with Gasteiger partial charge in [0.2, 0.25) is 11.8 Å². The topological polar surface area (TPSA) is 104 Å². The van der Waals surface area contributed by atoms with Crippen molar-refractivity contribution in [2.45, 2.75) is 56.7 Å². The molecule has 3 aromatic rings. The first-order valence-corrected chi connectivity index (χ1v) is 12.7. The van der Waals surface area contributed by atoms with Gasteiger partial charge in [-0.25, -0.2) is 0 Å². The Kier molecular flexibility index (Phi) is 5.86. The van der Waals surface area contributed by atoms with Gasteiger partial charge in [-0.1, -0.05) is 43.3 Å². The lowest BCUT2D eigenvalue weighted by Gasteiger charge is -2.21. The molecule has 0 bridgehead atoms. The smallest absolute Gasteiger partial charge is 0.272 e. The molecule has 4 heterocycles. The van der Waals surface area contributed by atoms with Gasteiger partial charge in [-0.2, -0.15) is 0 Å². The van der Waals surface area contributed by atoms with Crippen molar-refractivity contribution in [3.05, 3.63) is 77.3 Å². The molecule has 6 rings (SSSR count). The second kappa shape index (κ2) is 9.17. The van der Waals surface area contributed by atoms with E-state index in [1.807, 2.05) is 60.5 Å². The summed E-state index contributed by atoms with van der Waals surface area (Å²) in [5.74, 6) is 2.52. The van der Waals surface area contributed by atoms with Crippen molar-refractivity contribution in [1.29, 1.82) is 0 Å². The molecule has 1 unspecified atom stereocenters. The van der Waals surface area contributed by atoms with Gasteiger partial charge in [-0.3, -0.25) is 9.78 Å². The molecule has 1 amide bonds. The van der Waals surface area contributed by atoms with Crippen LogP contribution in [0.3, 0.4) is 0 Å². The summed E-state index contributed by atoms with van der Waals surface area (Å²) in [6.45, 7) is 3.44. The lowest BCUT2D eigenvalue weighted by molar-refractivity contribution is 0.0765. The molecule has 3 aliphatic rings. The van der Waals surface area contributed by atoms with E-state index in [0.29, 0.717) is 35.4 Å². The van der Waals surface area contributed by atoms with E-state index in [9.17, 15) is 9.90 Å². The minimum atomic E-state index is -0.501. The van der Waals surface area contributed by atoms with Crippen LogP contribution in [0.4, 0.5) is 0 Å². The summed E-state index contributed by atoms with van der Waals surface area (Å²) in [5.41, 5.74) is 2.54. The normalized spacial score (nSPS) is 28.2. The van der Waals surface area contributed by atoms with Crippen molar-refractivity contribution in [2.75, 3.05) is 13.1 Å². The van der Waals surface area contributed by atoms with E-state index in [1.54, 1.807) is 0 Å². The van der Waals surface area contributed by atoms with Gasteiger partial charge in [0.05, 0.1) is 6.10 Å². The predicted octanol–water partition coefficient (Wildman–Crippen LogP) is 2.91. The molecule has 8 heteroatoms. The van der Waals surface area contributed by atoms with E-state index in [0.717, 1.165) is 55.8 Å². The van der Waals surface area contributed by atoms with E-state index in [-0.39, 0.29) is 11.9 Å². The van der Waals surface area contributed by atoms with Gasteiger partial charge in [0, 0.05) is 43.7 Å². The average Bonchev–Trinajstić information content (AvgIpc) is 3.37. The van der Waals surface area contributed by atoms with Crippen molar-refractivity contribution in [1.82, 2.24) is 25.4 Å². The first kappa shape index (κ1) is 22.4. The Labute approximate surface area is 204 Å². The largest absolute Gasteiger partial charge is 0.425 e. The van der Waals surface area contributed by atoms with Crippen LogP contribution >= 0.6 is 0 Å². The number of nitrogens with one attached hydrogen (secondary N) is 1. The first-order valence-electron chi connectivity index (χ1n) is 12.7. The number of nitrogens with zero attached hydrogens (tertiary/aromatic N) is 4. The number of carbonyl (C=O) groups excluding carboxylic acids is 1. The number of amides is 1. The second-order valence-electron chi connectivity index (χ2n) is 10.1. The Morgan fingerprint density at radius 1 is 1.14 bits per heavy atom. The molecule has 0 radical (unpaired) electrons. The molecule has 0 spiro atoms. The third-order valence-corrected chi connectivity index (χ3v) is 7.88. The molecular weight excluding hydrogens is 442 g/mol. The highest BCUT2D eigenvalue weighted by Gasteiger charge is 2.60. The van der Waals surface area contributed by atoms with Gasteiger partial charge in [-0.15, -0.1) is 10.2 Å². The number of aromatic nitrogens is 3. The first-order chi connectivity index (χ1) is 17.1. The van der Waals surface area contributed by atoms with Crippen molar-refractivity contribution < 1.29 is 14.3 Å². The fourth-order valence-electron chi connectivity index (χ4n) is 5.86. The maximum absolute atomic E-state index is 13.0. The zero-order valence-corrected chi connectivity index (χ0v) is 19.9. The minimum absolute atomic E-state index is 0.00712. The monoisotopic (exact) mass is 473 g/mol. The highest BCUT2D eigenvalue weighted by molar-refractivity contribution is 5.92. The molecule has 2 N–H and O–H groups in total. The number of aliphatic hydroxyl groups excluding tert-OH is 1. The third-order valence-electron chi connectivity index (χ3n) is 7.88. The minimum Gasteiger partial charge on any atom is -0.425 e. The predicted molar refractivity (Wildman–Crippen MR) is 129 cm³/mol. The Morgan fingerprint density at radius 2 is 1.94 bits per heavy atom. The van der Waals surface area contributed by atoms with Crippen molar-refractivity contribution in [3.8, 4) is 0 Å². The van der Waals surface area contributed by atoms with Gasteiger partial charge >= 0.3 is 0 Å². The van der Waals surface area contributed by atoms with Gasteiger partial charge in [0.1, 0.15) is 5.69 Å². The van der Waals surface area contributed by atoms with Crippen LogP contribution in [-0.4, -0.2) is 56.3 Å². The number of piperidine rings is 1. The standard InChI is InChI=1S/C27H31N5O3/c1-2-23-30-31-26(35-23)24-19-14-32(15-20(19)24)27(34)22-10-8-16(13-28-22)12-18-9-11-21(29-18)25(33)17-6-4-3-5-7-17/h3-8,10,13,18-21,24-25,29,33H,2,9,11-12,14-15H2,1H3/t18-,19-,20+,21+,24?,25+/m0/s1. The third kappa shape index (κ3) is 4.36. The Hall–Kier alpha value is -3.10. The summed E-state index contributed by atoms with van der Waals surface area (Å²) in [6, 6.07) is 14.0. The molecule has 182 valence electrons. The van der Waals surface area contributed by atoms with Gasteiger partial charge in [0.15, 0.2) is 0 Å². The zero-order chi connectivity index (χ0) is 23.9. The van der Waals surface area contributed by atoms with Crippen LogP contribution < -0.4 is 5.32 Å². The van der Waals surface area contributed by atoms with Gasteiger partial charge in [0.25, 0.3) is 5.91 Å². The van der Waals surface area contributed by atoms with Crippen LogP contribution in [0.25, 0.3) is 0 Å². The molecule has 2 aliphatic heterocycles. The molecule has 1 aliphatic carbocycles. The summed E-state index contributed by atoms with van der Waals surface area (Å²) in [5, 5.41) is 22.5. The number of likely N-dealkylation sites (tertiary alicyclic amines) is 1. The van der Waals surface area contributed by atoms with E-state index >= 15 is 0 Å². The molecule has 1 saturated carbocycles. The number of hydrogen-bond donors (Lipinski definition) is 2. The Morgan fingerprint density at radius 3 is 2.63 bits per heavy atom. The number of hydrogen-bond acceptors (Lipinski definition) is 7. The Bertz CT molecular complexity index is 1170. The lowest BCUT2D eigenvalue weighted by Crippen LogP contribution is -2.35. The van der Waals surface area contributed by atoms with E-state index < -0.39 is 6.10 Å². The van der Waals surface area contributed by atoms with Crippen LogP contribution in [0, 0.1) is 11.8 Å². The fraction of sp³-hybridized carbons (Fsp3) is 0.481. The molecule has 1 aromatic carbocycles. The molecule has 6 atom stereocenters. The Balaban J connectivity index is 1.01. The molecule has 2 aromatic heterocycles. The summed E-state index contributed by atoms with van der Waals surface area (Å²) < 4.78 is 5.73. The quantitative estimate of drug-likeness (QED) is 0.544. The van der Waals surface area contributed by atoms with Crippen LogP contribution in [0.2, 0.25) is 0 Å². The molecular formula is C27H31N5O3. The number of pyridine rings is 1. The molecule has 2 saturated heterocycles. The summed E-state index contributed by atoms with van der Waals surface area (Å²) in [6.07, 6.45) is 4.84. The SMILES string of the molecule is CCc1nnc(C2[C@H]3CN(C(=O)c4ccc(C[C@@H]5CC[C@H]([C@H](O)c6ccccc6)N5)cn4)C[C@@H]23)o1. The summed E-state index contributed by atoms with van der Waals surface area (Å²) in [7, 11) is 0. The van der Waals surface area contributed by atoms with Gasteiger partial charge in [-0.05, 0) is 48.3 Å². The number of fused-ring (bicyclic) bond motifs is 1. The average molecular weight is 474 g/mol. The lowest BCUT2D eigenvalue weighted by atomic mass is 10.0. The molecule has 35 heavy (non-hydrogen) atoms. The maximum Gasteiger partial charge on any atom is 0.272 e. The zero-order valence-electron chi connectivity index (χ0n) is 19.9. The summed E-state index contributed by atoms with van der Waals surface area (Å²) in [4.78, 5) is 19.4. The van der Waals surface area contributed by atoms with E-state index in [1.165, 1.54) is 0 Å². The van der Waals surface area contributed by atoms with Gasteiger partial charge < -0.3 is 19.7 Å². The van der Waals surface area contributed by atoms with Crippen molar-refractivity contribution in [3.63, 3.8) is 0 Å². The van der Waals surface area contributed by atoms with E-state index in [2.05, 4.69) is 20.5 Å². The van der Waals surface area contributed by atoms with Crippen LogP contribution in [0.1, 0.15) is 65.2 Å². The molecule has 8 nitrogen and oxygen atoms in total. The van der Waals surface area contributed by atoms with Crippen LogP contribution in [0.15, 0.2) is 53.1 Å². The highest BCUT2D eigenvalue weighted by atomic mass is 16.4. The van der Waals surface area contributed by atoms with Crippen LogP contribution in [-0.2, 0) is 12.8 Å². The number of benzene rings is 1. The summed E-state index contributed by atoms with van der Waals surface area (Å²) >= 11 is 0. The number of aliphatic hydroxyl groups is 1. The number of aryl methyl sites for hydroxylation is 1. The van der Waals surface area contributed by atoms with E-state index in [4.69, 9.17) is 4.42 Å². The maximum atomic E-state index is 13.0. The van der Waals surface area contributed by atoms with Crippen LogP contribution in [0.5, 0.6) is 0 Å². The highest BCUT2D eigenvalue weighted by Crippen LogP contribution is 2.57. The number of carbonyl (C=O) groups is 1.